The smallest absolute Gasteiger partial charge is 0.295 e. The normalized spacial score (nSPS) is 18.1. The third-order valence-corrected chi connectivity index (χ3v) is 5.20. The third kappa shape index (κ3) is 3.44. The fraction of sp³-hybridized carbons (Fsp3) is 0.474. The predicted molar refractivity (Wildman–Crippen MR) is 102 cm³/mol. The molecule has 1 fully saturated rings. The number of piperidine rings is 1. The topological polar surface area (TPSA) is 73.8 Å². The summed E-state index contributed by atoms with van der Waals surface area (Å²) >= 11 is 0. The van der Waals surface area contributed by atoms with Gasteiger partial charge < -0.3 is 0 Å². The maximum absolute atomic E-state index is 12.7. The van der Waals surface area contributed by atoms with Gasteiger partial charge in [0, 0.05) is 26.1 Å². The minimum absolute atomic E-state index is 0.0981. The van der Waals surface area contributed by atoms with Gasteiger partial charge in [0.15, 0.2) is 0 Å². The van der Waals surface area contributed by atoms with Crippen LogP contribution in [0.3, 0.4) is 0 Å². The van der Waals surface area contributed by atoms with E-state index in [9.17, 15) is 4.79 Å². The first kappa shape index (κ1) is 17.7. The average Bonchev–Trinajstić information content (AvgIpc) is 3.27. The summed E-state index contributed by atoms with van der Waals surface area (Å²) in [4.78, 5) is 19.5. The second-order valence-corrected chi connectivity index (χ2v) is 7.00. The van der Waals surface area contributed by atoms with Crippen LogP contribution in [0, 0.1) is 0 Å². The molecule has 1 saturated heterocycles. The lowest BCUT2D eigenvalue weighted by atomic mass is 9.97. The van der Waals surface area contributed by atoms with Gasteiger partial charge in [-0.2, -0.15) is 10.2 Å². The molecule has 8 nitrogen and oxygen atoms in total. The number of nitrogens with zero attached hydrogens (tertiary/aromatic N) is 7. The molecule has 3 aromatic rings. The lowest BCUT2D eigenvalue weighted by Gasteiger charge is -2.31. The molecule has 0 spiro atoms. The van der Waals surface area contributed by atoms with Crippen molar-refractivity contribution in [2.45, 2.75) is 38.8 Å². The standard InChI is InChI=1S/C19H25N7O/c1-3-25-17(20-14-21-25)13-24-11-7-8-15(12-24)18-22-23(2)19(27)26(18)16-9-5-4-6-10-16/h4-6,9-10,14-15H,3,7-8,11-13H2,1-2H3/t15-/m0/s1. The van der Waals surface area contributed by atoms with Crippen LogP contribution in [0.15, 0.2) is 41.5 Å². The fourth-order valence-corrected chi connectivity index (χ4v) is 3.85. The highest BCUT2D eigenvalue weighted by atomic mass is 16.2. The van der Waals surface area contributed by atoms with Gasteiger partial charge in [-0.3, -0.25) is 4.90 Å². The average molecular weight is 367 g/mol. The Balaban J connectivity index is 1.60. The van der Waals surface area contributed by atoms with Crippen LogP contribution in [0.2, 0.25) is 0 Å². The van der Waals surface area contributed by atoms with Gasteiger partial charge in [-0.1, -0.05) is 18.2 Å². The Morgan fingerprint density at radius 1 is 1.22 bits per heavy atom. The summed E-state index contributed by atoms with van der Waals surface area (Å²) in [5.74, 6) is 2.04. The number of likely N-dealkylation sites (tertiary alicyclic amines) is 1. The zero-order valence-corrected chi connectivity index (χ0v) is 15.8. The Labute approximate surface area is 158 Å². The molecule has 0 amide bonds. The van der Waals surface area contributed by atoms with Gasteiger partial charge in [-0.15, -0.1) is 0 Å². The Bertz CT molecular complexity index is 956. The van der Waals surface area contributed by atoms with Crippen LogP contribution < -0.4 is 5.69 Å². The van der Waals surface area contributed by atoms with E-state index in [2.05, 4.69) is 27.0 Å². The van der Waals surface area contributed by atoms with E-state index in [4.69, 9.17) is 0 Å². The molecule has 1 aliphatic rings. The second kappa shape index (κ2) is 7.48. The number of benzene rings is 1. The van der Waals surface area contributed by atoms with Gasteiger partial charge in [0.05, 0.1) is 12.2 Å². The lowest BCUT2D eigenvalue weighted by molar-refractivity contribution is 0.188. The summed E-state index contributed by atoms with van der Waals surface area (Å²) in [5.41, 5.74) is 0.771. The van der Waals surface area contributed by atoms with Crippen molar-refractivity contribution in [2.75, 3.05) is 13.1 Å². The largest absolute Gasteiger partial charge is 0.350 e. The molecule has 0 aliphatic carbocycles. The van der Waals surface area contributed by atoms with Crippen LogP contribution in [0.1, 0.15) is 37.3 Å². The molecule has 0 unspecified atom stereocenters. The first-order valence-electron chi connectivity index (χ1n) is 9.47. The van der Waals surface area contributed by atoms with Crippen molar-refractivity contribution >= 4 is 0 Å². The lowest BCUT2D eigenvalue weighted by Crippen LogP contribution is -2.36. The molecule has 0 N–H and O–H groups in total. The predicted octanol–water partition coefficient (Wildman–Crippen LogP) is 1.56. The van der Waals surface area contributed by atoms with E-state index in [1.807, 2.05) is 35.0 Å². The summed E-state index contributed by atoms with van der Waals surface area (Å²) in [6.45, 7) is 5.55. The van der Waals surface area contributed by atoms with Crippen LogP contribution in [-0.4, -0.2) is 47.1 Å². The zero-order chi connectivity index (χ0) is 18.8. The molecule has 0 radical (unpaired) electrons. The number of para-hydroxylation sites is 1. The van der Waals surface area contributed by atoms with E-state index in [1.165, 1.54) is 4.68 Å². The van der Waals surface area contributed by atoms with Gasteiger partial charge in [-0.25, -0.2) is 23.7 Å². The van der Waals surface area contributed by atoms with Crippen molar-refractivity contribution in [3.8, 4) is 5.69 Å². The highest BCUT2D eigenvalue weighted by Crippen LogP contribution is 2.27. The quantitative estimate of drug-likeness (QED) is 0.684. The monoisotopic (exact) mass is 367 g/mol. The van der Waals surface area contributed by atoms with Crippen LogP contribution in [0.25, 0.3) is 5.69 Å². The molecule has 1 aliphatic heterocycles. The van der Waals surface area contributed by atoms with Crippen LogP contribution >= 0.6 is 0 Å². The minimum Gasteiger partial charge on any atom is -0.295 e. The Hall–Kier alpha value is -2.74. The second-order valence-electron chi connectivity index (χ2n) is 7.00. The molecule has 3 heterocycles. The van der Waals surface area contributed by atoms with Crippen molar-refractivity contribution in [3.05, 3.63) is 58.8 Å². The molecule has 2 aromatic heterocycles. The molecule has 0 saturated carbocycles. The molecular weight excluding hydrogens is 342 g/mol. The van der Waals surface area contributed by atoms with Crippen molar-refractivity contribution in [3.63, 3.8) is 0 Å². The molecular formula is C19H25N7O. The van der Waals surface area contributed by atoms with E-state index >= 15 is 0 Å². The van der Waals surface area contributed by atoms with Gasteiger partial charge in [0.2, 0.25) is 0 Å². The number of aromatic nitrogens is 6. The van der Waals surface area contributed by atoms with Gasteiger partial charge in [0.1, 0.15) is 18.0 Å². The SMILES string of the molecule is CCn1ncnc1CN1CCC[C@H](c2nn(C)c(=O)n2-c2ccccc2)C1. The number of hydrogen-bond donors (Lipinski definition) is 0. The fourth-order valence-electron chi connectivity index (χ4n) is 3.85. The van der Waals surface area contributed by atoms with E-state index in [1.54, 1.807) is 17.9 Å². The first-order valence-corrected chi connectivity index (χ1v) is 9.47. The highest BCUT2D eigenvalue weighted by molar-refractivity contribution is 5.33. The van der Waals surface area contributed by atoms with Crippen molar-refractivity contribution in [1.82, 2.24) is 34.0 Å². The van der Waals surface area contributed by atoms with E-state index in [0.717, 1.165) is 56.4 Å². The van der Waals surface area contributed by atoms with E-state index in [-0.39, 0.29) is 11.6 Å². The van der Waals surface area contributed by atoms with E-state index in [0.29, 0.717) is 0 Å². The summed E-state index contributed by atoms with van der Waals surface area (Å²) in [5, 5.41) is 8.85. The number of hydrogen-bond acceptors (Lipinski definition) is 5. The summed E-state index contributed by atoms with van der Waals surface area (Å²) in [6.07, 6.45) is 3.72. The maximum atomic E-state index is 12.7. The summed E-state index contributed by atoms with van der Waals surface area (Å²) in [7, 11) is 1.72. The van der Waals surface area contributed by atoms with Crippen molar-refractivity contribution in [2.24, 2.45) is 7.05 Å². The molecule has 1 aromatic carbocycles. The molecule has 27 heavy (non-hydrogen) atoms. The van der Waals surface area contributed by atoms with Crippen LogP contribution in [-0.2, 0) is 20.1 Å². The number of rotatable bonds is 5. The highest BCUT2D eigenvalue weighted by Gasteiger charge is 2.28. The molecule has 8 heteroatoms. The molecule has 1 atom stereocenters. The van der Waals surface area contributed by atoms with Gasteiger partial charge in [-0.05, 0) is 38.4 Å². The van der Waals surface area contributed by atoms with Gasteiger partial charge >= 0.3 is 5.69 Å². The third-order valence-electron chi connectivity index (χ3n) is 5.20. The maximum Gasteiger partial charge on any atom is 0.350 e. The Morgan fingerprint density at radius 3 is 2.81 bits per heavy atom. The Morgan fingerprint density at radius 2 is 2.04 bits per heavy atom. The number of aryl methyl sites for hydroxylation is 2. The Kier molecular flexibility index (Phi) is 4.89. The van der Waals surface area contributed by atoms with Crippen LogP contribution in [0.5, 0.6) is 0 Å². The van der Waals surface area contributed by atoms with Crippen LogP contribution in [0.4, 0.5) is 0 Å². The summed E-state index contributed by atoms with van der Waals surface area (Å²) < 4.78 is 5.13. The molecule has 0 bridgehead atoms. The molecule has 142 valence electrons. The molecule has 4 rings (SSSR count). The van der Waals surface area contributed by atoms with Crippen molar-refractivity contribution < 1.29 is 0 Å². The zero-order valence-electron chi connectivity index (χ0n) is 15.8. The first-order chi connectivity index (χ1) is 13.2. The minimum atomic E-state index is -0.0981. The summed E-state index contributed by atoms with van der Waals surface area (Å²) in [6, 6.07) is 9.76. The van der Waals surface area contributed by atoms with Gasteiger partial charge in [0.25, 0.3) is 0 Å². The van der Waals surface area contributed by atoms with E-state index < -0.39 is 0 Å². The van der Waals surface area contributed by atoms with Crippen molar-refractivity contribution in [1.29, 1.82) is 0 Å².